The number of ether oxygens (including phenoxy) is 1. The third-order valence-corrected chi connectivity index (χ3v) is 5.40. The van der Waals surface area contributed by atoms with Crippen LogP contribution in [0.3, 0.4) is 0 Å². The smallest absolute Gasteiger partial charge is 0.353 e. The van der Waals surface area contributed by atoms with E-state index in [1.54, 1.807) is 0 Å². The molecule has 2 aliphatic heterocycles. The van der Waals surface area contributed by atoms with Gasteiger partial charge in [-0.2, -0.15) is 0 Å². The lowest BCUT2D eigenvalue weighted by atomic mass is 10.2. The molecule has 3 nitrogen and oxygen atoms in total. The van der Waals surface area contributed by atoms with E-state index in [1.165, 1.54) is 29.1 Å². The number of benzene rings is 1. The Kier molecular flexibility index (Phi) is 2.72. The summed E-state index contributed by atoms with van der Waals surface area (Å²) in [5, 5.41) is 0.207. The topological polar surface area (TPSA) is 43.4 Å². The number of rotatable bonds is 1. The zero-order chi connectivity index (χ0) is 11.8. The summed E-state index contributed by atoms with van der Waals surface area (Å²) in [7, 11) is 0. The minimum Gasteiger partial charge on any atom is -0.385 e. The van der Waals surface area contributed by atoms with Crippen LogP contribution in [0.25, 0.3) is 0 Å². The van der Waals surface area contributed by atoms with E-state index in [1.807, 2.05) is 30.3 Å². The molecular formula is C12H8O3S2. The van der Waals surface area contributed by atoms with Crippen molar-refractivity contribution in [3.8, 4) is 0 Å². The van der Waals surface area contributed by atoms with E-state index < -0.39 is 11.9 Å². The molecule has 0 amide bonds. The maximum absolute atomic E-state index is 11.5. The van der Waals surface area contributed by atoms with Crippen LogP contribution in [0.5, 0.6) is 0 Å². The average molecular weight is 264 g/mol. The highest BCUT2D eigenvalue weighted by atomic mass is 32.2. The molecule has 0 spiro atoms. The molecule has 0 aliphatic carbocycles. The number of carbonyl (C=O) groups excluding carboxylic acids is 2. The highest BCUT2D eigenvalue weighted by Gasteiger charge is 2.39. The first-order valence-corrected chi connectivity index (χ1v) is 6.97. The molecule has 1 atom stereocenters. The van der Waals surface area contributed by atoms with E-state index in [-0.39, 0.29) is 5.25 Å². The number of esters is 2. The Bertz CT molecular complexity index is 522. The Labute approximate surface area is 107 Å². The lowest BCUT2D eigenvalue weighted by Crippen LogP contribution is -2.06. The minimum atomic E-state index is -0.497. The standard InChI is InChI=1S/C12H8O3S2/c13-11-9-10(12(14)15-11)17-8(6-16-9)7-4-2-1-3-5-7/h1-5,8H,6H2/t8-/m0/s1. The second-order valence-corrected chi connectivity index (χ2v) is 5.91. The Hall–Kier alpha value is -1.20. The largest absolute Gasteiger partial charge is 0.385 e. The summed E-state index contributed by atoms with van der Waals surface area (Å²) in [6.45, 7) is 0. The van der Waals surface area contributed by atoms with Gasteiger partial charge in [0, 0.05) is 11.0 Å². The van der Waals surface area contributed by atoms with E-state index in [4.69, 9.17) is 0 Å². The van der Waals surface area contributed by atoms with E-state index >= 15 is 0 Å². The van der Waals surface area contributed by atoms with E-state index in [9.17, 15) is 9.59 Å². The molecule has 5 heteroatoms. The highest BCUT2D eigenvalue weighted by molar-refractivity contribution is 8.11. The van der Waals surface area contributed by atoms with Crippen LogP contribution in [0, 0.1) is 0 Å². The molecule has 0 saturated carbocycles. The second-order valence-electron chi connectivity index (χ2n) is 3.66. The van der Waals surface area contributed by atoms with Crippen molar-refractivity contribution in [1.29, 1.82) is 0 Å². The molecule has 17 heavy (non-hydrogen) atoms. The SMILES string of the molecule is O=C1OC(=O)C2=C1SC[C@@H](c1ccccc1)S2. The van der Waals surface area contributed by atoms with Crippen molar-refractivity contribution in [2.75, 3.05) is 5.75 Å². The van der Waals surface area contributed by atoms with Gasteiger partial charge >= 0.3 is 11.9 Å². The Morgan fingerprint density at radius 1 is 1.06 bits per heavy atom. The fraction of sp³-hybridized carbons (Fsp3) is 0.167. The first-order chi connectivity index (χ1) is 8.25. The number of hydrogen-bond acceptors (Lipinski definition) is 5. The average Bonchev–Trinajstić information content (AvgIpc) is 2.66. The fourth-order valence-electron chi connectivity index (χ4n) is 1.76. The zero-order valence-electron chi connectivity index (χ0n) is 8.71. The van der Waals surface area contributed by atoms with Crippen LogP contribution in [-0.2, 0) is 14.3 Å². The Morgan fingerprint density at radius 3 is 2.53 bits per heavy atom. The Balaban J connectivity index is 1.89. The maximum Gasteiger partial charge on any atom is 0.353 e. The number of carbonyl (C=O) groups is 2. The van der Waals surface area contributed by atoms with Gasteiger partial charge in [0.05, 0.1) is 0 Å². The first kappa shape index (κ1) is 10.9. The van der Waals surface area contributed by atoms with Crippen LogP contribution in [0.4, 0.5) is 0 Å². The summed E-state index contributed by atoms with van der Waals surface area (Å²) < 4.78 is 4.60. The van der Waals surface area contributed by atoms with Crippen molar-refractivity contribution in [2.45, 2.75) is 5.25 Å². The summed E-state index contributed by atoms with van der Waals surface area (Å²) >= 11 is 2.84. The molecular weight excluding hydrogens is 256 g/mol. The lowest BCUT2D eigenvalue weighted by molar-refractivity contribution is -0.150. The molecule has 2 heterocycles. The van der Waals surface area contributed by atoms with Gasteiger partial charge in [0.2, 0.25) is 0 Å². The molecule has 0 saturated heterocycles. The van der Waals surface area contributed by atoms with Crippen molar-refractivity contribution in [2.24, 2.45) is 0 Å². The second kappa shape index (κ2) is 4.23. The minimum absolute atomic E-state index is 0.207. The normalized spacial score (nSPS) is 23.6. The van der Waals surface area contributed by atoms with Crippen LogP contribution in [-0.4, -0.2) is 17.7 Å². The zero-order valence-corrected chi connectivity index (χ0v) is 10.3. The highest BCUT2D eigenvalue weighted by Crippen LogP contribution is 2.49. The number of cyclic esters (lactones) is 2. The van der Waals surface area contributed by atoms with Gasteiger partial charge in [0.15, 0.2) is 0 Å². The van der Waals surface area contributed by atoms with Gasteiger partial charge in [0.25, 0.3) is 0 Å². The number of hydrogen-bond donors (Lipinski definition) is 0. The quantitative estimate of drug-likeness (QED) is 0.576. The van der Waals surface area contributed by atoms with Crippen LogP contribution in [0.15, 0.2) is 40.1 Å². The van der Waals surface area contributed by atoms with Crippen LogP contribution >= 0.6 is 23.5 Å². The molecule has 3 rings (SSSR count). The lowest BCUT2D eigenvalue weighted by Gasteiger charge is -2.20. The summed E-state index contributed by atoms with van der Waals surface area (Å²) in [4.78, 5) is 23.7. The van der Waals surface area contributed by atoms with Gasteiger partial charge < -0.3 is 4.74 Å². The predicted molar refractivity (Wildman–Crippen MR) is 67.4 cm³/mol. The fourth-order valence-corrected chi connectivity index (χ4v) is 4.34. The molecule has 1 aromatic rings. The number of thioether (sulfide) groups is 2. The van der Waals surface area contributed by atoms with E-state index in [0.29, 0.717) is 9.81 Å². The molecule has 0 radical (unpaired) electrons. The molecule has 2 aliphatic rings. The molecule has 1 aromatic carbocycles. The predicted octanol–water partition coefficient (Wildman–Crippen LogP) is 2.50. The van der Waals surface area contributed by atoms with Gasteiger partial charge in [-0.05, 0) is 5.56 Å². The van der Waals surface area contributed by atoms with Gasteiger partial charge in [-0.3, -0.25) is 0 Å². The van der Waals surface area contributed by atoms with Gasteiger partial charge in [0.1, 0.15) is 9.81 Å². The molecule has 0 unspecified atom stereocenters. The van der Waals surface area contributed by atoms with Crippen molar-refractivity contribution in [3.63, 3.8) is 0 Å². The molecule has 0 fully saturated rings. The van der Waals surface area contributed by atoms with Crippen LogP contribution in [0.2, 0.25) is 0 Å². The molecule has 0 N–H and O–H groups in total. The molecule has 0 bridgehead atoms. The van der Waals surface area contributed by atoms with Crippen molar-refractivity contribution in [3.05, 3.63) is 45.7 Å². The van der Waals surface area contributed by atoms with Gasteiger partial charge in [-0.25, -0.2) is 9.59 Å². The van der Waals surface area contributed by atoms with Crippen molar-refractivity contribution in [1.82, 2.24) is 0 Å². The summed E-state index contributed by atoms with van der Waals surface area (Å²) in [5.74, 6) is -0.201. The van der Waals surface area contributed by atoms with Crippen LogP contribution in [0.1, 0.15) is 10.8 Å². The Morgan fingerprint density at radius 2 is 1.76 bits per heavy atom. The van der Waals surface area contributed by atoms with E-state index in [0.717, 1.165) is 5.75 Å². The summed E-state index contributed by atoms with van der Waals surface area (Å²) in [6.07, 6.45) is 0. The summed E-state index contributed by atoms with van der Waals surface area (Å²) in [5.41, 5.74) is 1.17. The van der Waals surface area contributed by atoms with Crippen LogP contribution < -0.4 is 0 Å². The van der Waals surface area contributed by atoms with Crippen molar-refractivity contribution < 1.29 is 14.3 Å². The first-order valence-electron chi connectivity index (χ1n) is 5.11. The molecule has 0 aromatic heterocycles. The summed E-state index contributed by atoms with van der Waals surface area (Å²) in [6, 6.07) is 9.98. The third-order valence-electron chi connectivity index (χ3n) is 2.57. The maximum atomic E-state index is 11.5. The van der Waals surface area contributed by atoms with E-state index in [2.05, 4.69) is 4.74 Å². The third kappa shape index (κ3) is 1.89. The van der Waals surface area contributed by atoms with Gasteiger partial charge in [-0.15, -0.1) is 23.5 Å². The monoisotopic (exact) mass is 264 g/mol. The van der Waals surface area contributed by atoms with Gasteiger partial charge in [-0.1, -0.05) is 30.3 Å². The molecule has 86 valence electrons. The van der Waals surface area contributed by atoms with Crippen molar-refractivity contribution >= 4 is 35.5 Å².